The van der Waals surface area contributed by atoms with Gasteiger partial charge in [0.15, 0.2) is 14.1 Å². The number of aliphatic hydroxyl groups excluding tert-OH is 1. The van der Waals surface area contributed by atoms with Gasteiger partial charge in [0, 0.05) is 18.3 Å². The lowest BCUT2D eigenvalue weighted by Crippen LogP contribution is -2.60. The molecule has 0 amide bonds. The Morgan fingerprint density at radius 3 is 2.24 bits per heavy atom. The highest BCUT2D eigenvalue weighted by Gasteiger charge is 2.62. The Kier molecular flexibility index (Phi) is 5.53. The van der Waals surface area contributed by atoms with Crippen LogP contribution in [0.15, 0.2) is 0 Å². The van der Waals surface area contributed by atoms with E-state index in [1.807, 2.05) is 0 Å². The molecule has 0 radical (unpaired) electrons. The van der Waals surface area contributed by atoms with Crippen molar-refractivity contribution in [2.75, 3.05) is 13.2 Å². The van der Waals surface area contributed by atoms with Gasteiger partial charge in [-0.1, -0.05) is 39.0 Å². The summed E-state index contributed by atoms with van der Waals surface area (Å²) in [6, 6.07) is 0. The molecule has 5 atom stereocenters. The monoisotopic (exact) mass is 420 g/mol. The van der Waals surface area contributed by atoms with Crippen molar-refractivity contribution in [1.29, 1.82) is 0 Å². The molecule has 4 rings (SSSR count). The molecule has 1 heterocycles. The maximum atomic E-state index is 10.8. The van der Waals surface area contributed by atoms with Crippen LogP contribution in [0.2, 0.25) is 18.1 Å². The minimum Gasteiger partial charge on any atom is -0.401 e. The summed E-state index contributed by atoms with van der Waals surface area (Å²) in [6.07, 6.45) is 5.96. The third-order valence-corrected chi connectivity index (χ3v) is 13.2. The van der Waals surface area contributed by atoms with Crippen LogP contribution in [0, 0.1) is 35.5 Å². The molecule has 1 spiro atoms. The van der Waals surface area contributed by atoms with E-state index < -0.39 is 13.9 Å². The maximum absolute atomic E-state index is 10.8. The van der Waals surface area contributed by atoms with Crippen LogP contribution in [0.4, 0.5) is 0 Å². The summed E-state index contributed by atoms with van der Waals surface area (Å²) in [7, 11) is -1.94. The summed E-state index contributed by atoms with van der Waals surface area (Å²) in [4.78, 5) is 0. The van der Waals surface area contributed by atoms with E-state index in [4.69, 9.17) is 13.9 Å². The Labute approximate surface area is 178 Å². The molecule has 0 aromatic carbocycles. The fourth-order valence-corrected chi connectivity index (χ4v) is 7.08. The van der Waals surface area contributed by atoms with Gasteiger partial charge in [0.1, 0.15) is 5.60 Å². The molecule has 4 fully saturated rings. The van der Waals surface area contributed by atoms with Gasteiger partial charge in [-0.3, -0.25) is 0 Å². The van der Waals surface area contributed by atoms with Gasteiger partial charge in [-0.2, -0.15) is 0 Å². The molecule has 4 nitrogen and oxygen atoms in total. The number of ether oxygens (including phenoxy) is 2. The number of rotatable bonds is 3. The van der Waals surface area contributed by atoms with Crippen LogP contribution in [0.5, 0.6) is 0 Å². The third kappa shape index (κ3) is 3.74. The molecule has 1 N–H and O–H groups in total. The summed E-state index contributed by atoms with van der Waals surface area (Å²) >= 11 is 0. The smallest absolute Gasteiger partial charge is 0.194 e. The van der Waals surface area contributed by atoms with Gasteiger partial charge in [0.25, 0.3) is 0 Å². The van der Waals surface area contributed by atoms with E-state index in [0.29, 0.717) is 31.0 Å². The predicted octanol–water partition coefficient (Wildman–Crippen LogP) is 4.72. The summed E-state index contributed by atoms with van der Waals surface area (Å²) in [5.41, 5.74) is -0.407. The van der Waals surface area contributed by atoms with Crippen molar-refractivity contribution in [2.45, 2.75) is 102 Å². The first-order chi connectivity index (χ1) is 13.5. The van der Waals surface area contributed by atoms with Crippen molar-refractivity contribution in [3.05, 3.63) is 0 Å². The Hall–Kier alpha value is -0.383. The minimum atomic E-state index is -1.94. The molecular weight excluding hydrogens is 380 g/mol. The van der Waals surface area contributed by atoms with Gasteiger partial charge in [0.2, 0.25) is 0 Å². The topological polar surface area (TPSA) is 47.9 Å². The van der Waals surface area contributed by atoms with Crippen molar-refractivity contribution in [1.82, 2.24) is 0 Å². The molecule has 3 aliphatic carbocycles. The van der Waals surface area contributed by atoms with Crippen LogP contribution >= 0.6 is 0 Å². The number of hydrogen-bond donors (Lipinski definition) is 1. The van der Waals surface area contributed by atoms with E-state index >= 15 is 0 Å². The van der Waals surface area contributed by atoms with Crippen molar-refractivity contribution < 1.29 is 19.0 Å². The zero-order valence-corrected chi connectivity index (χ0v) is 20.2. The molecule has 4 aliphatic rings. The van der Waals surface area contributed by atoms with Crippen LogP contribution < -0.4 is 0 Å². The lowest BCUT2D eigenvalue weighted by Gasteiger charge is -2.56. The second-order valence-corrected chi connectivity index (χ2v) is 16.2. The van der Waals surface area contributed by atoms with E-state index in [1.165, 1.54) is 19.3 Å². The summed E-state index contributed by atoms with van der Waals surface area (Å²) in [5.74, 6) is 8.07. The standard InChI is InChI=1S/C24H40O4Si/c1-22(2,3)29(5,6)28-23(4,17-8-7-9-17)13-12-18-19-16-24(26-14-15-27-24)20(19)10-11-21(18)25/h17-21,25H,7-11,14-16H2,1-6H3/t18-,19-,20+,21-,23-/m0/s1. The Morgan fingerprint density at radius 2 is 1.69 bits per heavy atom. The highest BCUT2D eigenvalue weighted by atomic mass is 28.4. The molecule has 0 bridgehead atoms. The predicted molar refractivity (Wildman–Crippen MR) is 117 cm³/mol. The third-order valence-electron chi connectivity index (χ3n) is 8.67. The molecule has 164 valence electrons. The van der Waals surface area contributed by atoms with Gasteiger partial charge >= 0.3 is 0 Å². The first-order valence-corrected chi connectivity index (χ1v) is 14.6. The molecule has 1 aliphatic heterocycles. The van der Waals surface area contributed by atoms with Crippen molar-refractivity contribution in [3.63, 3.8) is 0 Å². The highest BCUT2D eigenvalue weighted by molar-refractivity contribution is 6.74. The fourth-order valence-electron chi connectivity index (χ4n) is 5.50. The SMILES string of the molecule is CC(C)(C)[Si](C)(C)O[C@@](C)(C#C[C@H]1[C@@H]2CC3(OCCO3)[C@@H]2CC[C@@H]1O)C1CCC1. The molecule has 1 saturated heterocycles. The molecular formula is C24H40O4Si. The number of hydrogen-bond acceptors (Lipinski definition) is 4. The average Bonchev–Trinajstić information content (AvgIpc) is 3.01. The summed E-state index contributed by atoms with van der Waals surface area (Å²) < 4.78 is 18.9. The van der Waals surface area contributed by atoms with Gasteiger partial charge in [-0.25, -0.2) is 0 Å². The Bertz CT molecular complexity index is 677. The van der Waals surface area contributed by atoms with Crippen LogP contribution in [-0.4, -0.2) is 44.1 Å². The molecule has 0 aromatic rings. The summed E-state index contributed by atoms with van der Waals surface area (Å²) in [6.45, 7) is 15.1. The first-order valence-electron chi connectivity index (χ1n) is 11.7. The van der Waals surface area contributed by atoms with E-state index in [-0.39, 0.29) is 22.8 Å². The largest absolute Gasteiger partial charge is 0.401 e. The summed E-state index contributed by atoms with van der Waals surface area (Å²) in [5, 5.41) is 10.9. The second kappa shape index (κ2) is 7.34. The maximum Gasteiger partial charge on any atom is 0.194 e. The molecule has 29 heavy (non-hydrogen) atoms. The highest BCUT2D eigenvalue weighted by Crippen LogP contribution is 2.58. The molecule has 5 heteroatoms. The molecule has 0 unspecified atom stereocenters. The lowest BCUT2D eigenvalue weighted by molar-refractivity contribution is -0.296. The van der Waals surface area contributed by atoms with Crippen LogP contribution in [-0.2, 0) is 13.9 Å². The molecule has 3 saturated carbocycles. The first kappa shape index (κ1) is 21.8. The van der Waals surface area contributed by atoms with Crippen molar-refractivity contribution in [3.8, 4) is 11.8 Å². The zero-order chi connectivity index (χ0) is 21.1. The average molecular weight is 421 g/mol. The van der Waals surface area contributed by atoms with Gasteiger partial charge < -0.3 is 19.0 Å². The van der Waals surface area contributed by atoms with Gasteiger partial charge in [0.05, 0.1) is 19.3 Å². The number of fused-ring (bicyclic) bond motifs is 2. The van der Waals surface area contributed by atoms with Crippen LogP contribution in [0.3, 0.4) is 0 Å². The zero-order valence-electron chi connectivity index (χ0n) is 19.2. The second-order valence-electron chi connectivity index (χ2n) is 11.5. The Morgan fingerprint density at radius 1 is 1.03 bits per heavy atom. The number of aliphatic hydroxyl groups is 1. The minimum absolute atomic E-state index is 0.00888. The quantitative estimate of drug-likeness (QED) is 0.530. The molecule has 0 aromatic heterocycles. The van der Waals surface area contributed by atoms with E-state index in [2.05, 4.69) is 52.6 Å². The van der Waals surface area contributed by atoms with Crippen molar-refractivity contribution >= 4 is 8.32 Å². The van der Waals surface area contributed by atoms with Crippen LogP contribution in [0.1, 0.15) is 66.2 Å². The van der Waals surface area contributed by atoms with Crippen molar-refractivity contribution in [2.24, 2.45) is 23.7 Å². The van der Waals surface area contributed by atoms with E-state index in [1.54, 1.807) is 0 Å². The normalized spacial score (nSPS) is 36.4. The van der Waals surface area contributed by atoms with E-state index in [9.17, 15) is 5.11 Å². The Balaban J connectivity index is 1.55. The van der Waals surface area contributed by atoms with Gasteiger partial charge in [-0.05, 0) is 62.6 Å². The van der Waals surface area contributed by atoms with Crippen LogP contribution in [0.25, 0.3) is 0 Å². The van der Waals surface area contributed by atoms with Gasteiger partial charge in [-0.15, -0.1) is 0 Å². The van der Waals surface area contributed by atoms with E-state index in [0.717, 1.165) is 19.3 Å². The fraction of sp³-hybridized carbons (Fsp3) is 0.917. The lowest BCUT2D eigenvalue weighted by atomic mass is 9.56.